The van der Waals surface area contributed by atoms with Gasteiger partial charge < -0.3 is 19.3 Å². The predicted molar refractivity (Wildman–Crippen MR) is 98.2 cm³/mol. The molecule has 6 nitrogen and oxygen atoms in total. The first-order valence-electron chi connectivity index (χ1n) is 9.13. The summed E-state index contributed by atoms with van der Waals surface area (Å²) >= 11 is 0. The number of methoxy groups -OCH3 is 2. The molecule has 2 aliphatic heterocycles. The molecule has 0 N–H and O–H groups in total. The fourth-order valence-electron chi connectivity index (χ4n) is 3.90. The summed E-state index contributed by atoms with van der Waals surface area (Å²) in [5.74, 6) is 0.804. The Morgan fingerprint density at radius 1 is 1.08 bits per heavy atom. The van der Waals surface area contributed by atoms with Gasteiger partial charge in [-0.2, -0.15) is 5.26 Å². The molecule has 2 aliphatic rings. The number of rotatable bonds is 4. The van der Waals surface area contributed by atoms with E-state index in [-0.39, 0.29) is 12.2 Å². The van der Waals surface area contributed by atoms with Gasteiger partial charge in [0.1, 0.15) is 17.5 Å². The molecular formula is C19H28N4O2. The Kier molecular flexibility index (Phi) is 5.77. The van der Waals surface area contributed by atoms with Crippen LogP contribution < -0.4 is 9.80 Å². The molecule has 25 heavy (non-hydrogen) atoms. The van der Waals surface area contributed by atoms with Gasteiger partial charge in [0.2, 0.25) is 0 Å². The number of nitrogens with zero attached hydrogens (tertiary/aromatic N) is 4. The maximum Gasteiger partial charge on any atom is 0.149 e. The molecule has 3 rings (SSSR count). The SMILES string of the molecule is CO[C@@H]1CCCN(c2cc(C)nc(N3CCC[C@@H](OC)C3)c2C#N)C1. The van der Waals surface area contributed by atoms with Crippen LogP contribution in [0, 0.1) is 18.3 Å². The molecule has 2 saturated heterocycles. The number of hydrogen-bond acceptors (Lipinski definition) is 6. The quantitative estimate of drug-likeness (QED) is 0.836. The lowest BCUT2D eigenvalue weighted by Gasteiger charge is -2.37. The highest BCUT2D eigenvalue weighted by Crippen LogP contribution is 2.32. The zero-order chi connectivity index (χ0) is 17.8. The zero-order valence-electron chi connectivity index (χ0n) is 15.5. The van der Waals surface area contributed by atoms with Gasteiger partial charge in [-0.1, -0.05) is 0 Å². The highest BCUT2D eigenvalue weighted by Gasteiger charge is 2.27. The molecule has 1 aromatic heterocycles. The van der Waals surface area contributed by atoms with Crippen molar-refractivity contribution < 1.29 is 9.47 Å². The number of aryl methyl sites for hydroxylation is 1. The molecule has 0 spiro atoms. The first-order valence-corrected chi connectivity index (χ1v) is 9.13. The van der Waals surface area contributed by atoms with Gasteiger partial charge in [-0.05, 0) is 38.7 Å². The van der Waals surface area contributed by atoms with E-state index in [4.69, 9.17) is 14.5 Å². The second kappa shape index (κ2) is 8.03. The average Bonchev–Trinajstić information content (AvgIpc) is 2.67. The minimum Gasteiger partial charge on any atom is -0.380 e. The first-order chi connectivity index (χ1) is 12.2. The molecular weight excluding hydrogens is 316 g/mol. The van der Waals surface area contributed by atoms with Gasteiger partial charge in [0.15, 0.2) is 0 Å². The minimum atomic E-state index is 0.207. The Morgan fingerprint density at radius 3 is 2.28 bits per heavy atom. The van der Waals surface area contributed by atoms with Gasteiger partial charge in [-0.15, -0.1) is 0 Å². The fourth-order valence-corrected chi connectivity index (χ4v) is 3.90. The van der Waals surface area contributed by atoms with Crippen LogP contribution in [0.5, 0.6) is 0 Å². The standard InChI is InChI=1S/C19H28N4O2/c1-14-10-18(22-8-4-6-15(12-22)24-2)17(11-20)19(21-14)23-9-5-7-16(13-23)25-3/h10,15-16H,4-9,12-13H2,1-3H3/t15-,16-/m1/s1. The number of aromatic nitrogens is 1. The molecule has 0 aromatic carbocycles. The van der Waals surface area contributed by atoms with E-state index in [0.29, 0.717) is 5.56 Å². The second-order valence-electron chi connectivity index (χ2n) is 6.99. The van der Waals surface area contributed by atoms with E-state index in [0.717, 1.165) is 69.1 Å². The van der Waals surface area contributed by atoms with Crippen LogP contribution in [0.15, 0.2) is 6.07 Å². The predicted octanol–water partition coefficient (Wildman–Crippen LogP) is 2.49. The zero-order valence-corrected chi connectivity index (χ0v) is 15.5. The van der Waals surface area contributed by atoms with Crippen LogP contribution in [0.4, 0.5) is 11.5 Å². The lowest BCUT2D eigenvalue weighted by atomic mass is 10.0. The van der Waals surface area contributed by atoms with Crippen LogP contribution >= 0.6 is 0 Å². The van der Waals surface area contributed by atoms with Gasteiger partial charge in [0.25, 0.3) is 0 Å². The molecule has 0 aliphatic carbocycles. The minimum absolute atomic E-state index is 0.207. The van der Waals surface area contributed by atoms with Crippen molar-refractivity contribution in [3.63, 3.8) is 0 Å². The number of hydrogen-bond donors (Lipinski definition) is 0. The van der Waals surface area contributed by atoms with Crippen LogP contribution in [0.1, 0.15) is 36.9 Å². The third kappa shape index (κ3) is 3.88. The number of anilines is 2. The Balaban J connectivity index is 1.94. The molecule has 2 atom stereocenters. The van der Waals surface area contributed by atoms with E-state index in [1.54, 1.807) is 14.2 Å². The summed E-state index contributed by atoms with van der Waals surface area (Å²) in [7, 11) is 3.52. The Labute approximate surface area is 150 Å². The van der Waals surface area contributed by atoms with Crippen molar-refractivity contribution in [3.05, 3.63) is 17.3 Å². The van der Waals surface area contributed by atoms with Crippen LogP contribution in [0.3, 0.4) is 0 Å². The molecule has 136 valence electrons. The maximum absolute atomic E-state index is 9.89. The van der Waals surface area contributed by atoms with Crippen LogP contribution in [-0.4, -0.2) is 57.6 Å². The van der Waals surface area contributed by atoms with Crippen molar-refractivity contribution in [1.82, 2.24) is 4.98 Å². The first kappa shape index (κ1) is 18.0. The third-order valence-electron chi connectivity index (χ3n) is 5.28. The summed E-state index contributed by atoms with van der Waals surface area (Å²) in [4.78, 5) is 9.22. The molecule has 3 heterocycles. The summed E-state index contributed by atoms with van der Waals surface area (Å²) in [6.07, 6.45) is 4.71. The van der Waals surface area contributed by atoms with E-state index in [1.165, 1.54) is 0 Å². The Morgan fingerprint density at radius 2 is 1.68 bits per heavy atom. The smallest absolute Gasteiger partial charge is 0.149 e. The summed E-state index contributed by atoms with van der Waals surface area (Å²) in [6.45, 7) is 5.50. The van der Waals surface area contributed by atoms with Crippen LogP contribution in [0.2, 0.25) is 0 Å². The summed E-state index contributed by atoms with van der Waals surface area (Å²) in [6, 6.07) is 4.46. The van der Waals surface area contributed by atoms with E-state index in [2.05, 4.69) is 15.9 Å². The average molecular weight is 344 g/mol. The van der Waals surface area contributed by atoms with Crippen LogP contribution in [-0.2, 0) is 9.47 Å². The summed E-state index contributed by atoms with van der Waals surface area (Å²) < 4.78 is 11.1. The highest BCUT2D eigenvalue weighted by molar-refractivity contribution is 5.71. The van der Waals surface area contributed by atoms with Crippen LogP contribution in [0.25, 0.3) is 0 Å². The molecule has 0 saturated carbocycles. The molecule has 0 radical (unpaired) electrons. The largest absolute Gasteiger partial charge is 0.380 e. The van der Waals surface area contributed by atoms with Gasteiger partial charge in [-0.25, -0.2) is 4.98 Å². The Bertz CT molecular complexity index is 598. The number of nitriles is 1. The lowest BCUT2D eigenvalue weighted by Crippen LogP contribution is -2.42. The number of piperidine rings is 2. The molecule has 6 heteroatoms. The van der Waals surface area contributed by atoms with Gasteiger partial charge in [0, 0.05) is 46.1 Å². The van der Waals surface area contributed by atoms with Crippen molar-refractivity contribution in [3.8, 4) is 6.07 Å². The highest BCUT2D eigenvalue weighted by atomic mass is 16.5. The van der Waals surface area contributed by atoms with E-state index in [1.807, 2.05) is 13.0 Å². The van der Waals surface area contributed by atoms with E-state index < -0.39 is 0 Å². The van der Waals surface area contributed by atoms with E-state index >= 15 is 0 Å². The maximum atomic E-state index is 9.89. The van der Waals surface area contributed by atoms with E-state index in [9.17, 15) is 5.26 Å². The van der Waals surface area contributed by atoms with Crippen molar-refractivity contribution in [2.75, 3.05) is 50.2 Å². The molecule has 0 bridgehead atoms. The van der Waals surface area contributed by atoms with Crippen molar-refractivity contribution in [2.45, 2.75) is 44.8 Å². The molecule has 1 aromatic rings. The molecule has 0 amide bonds. The second-order valence-corrected chi connectivity index (χ2v) is 6.99. The Hall–Kier alpha value is -1.84. The van der Waals surface area contributed by atoms with Crippen molar-refractivity contribution in [2.24, 2.45) is 0 Å². The van der Waals surface area contributed by atoms with Gasteiger partial charge >= 0.3 is 0 Å². The lowest BCUT2D eigenvalue weighted by molar-refractivity contribution is 0.0889. The topological polar surface area (TPSA) is 61.6 Å². The number of pyridine rings is 1. The van der Waals surface area contributed by atoms with Crippen molar-refractivity contribution in [1.29, 1.82) is 5.26 Å². The third-order valence-corrected chi connectivity index (χ3v) is 5.28. The summed E-state index contributed by atoms with van der Waals surface area (Å²) in [5.41, 5.74) is 2.62. The number of ether oxygens (including phenoxy) is 2. The summed E-state index contributed by atoms with van der Waals surface area (Å²) in [5, 5.41) is 9.89. The van der Waals surface area contributed by atoms with Gasteiger partial charge in [-0.3, -0.25) is 0 Å². The van der Waals surface area contributed by atoms with Crippen molar-refractivity contribution >= 4 is 11.5 Å². The normalized spacial score (nSPS) is 24.2. The monoisotopic (exact) mass is 344 g/mol. The molecule has 0 unspecified atom stereocenters. The van der Waals surface area contributed by atoms with Gasteiger partial charge in [0.05, 0.1) is 17.9 Å². The fraction of sp³-hybridized carbons (Fsp3) is 0.684. The molecule has 2 fully saturated rings.